The van der Waals surface area contributed by atoms with Crippen molar-refractivity contribution < 1.29 is 9.53 Å². The van der Waals surface area contributed by atoms with Gasteiger partial charge < -0.3 is 16.2 Å². The lowest BCUT2D eigenvalue weighted by atomic mass is 10.00. The fraction of sp³-hybridized carbons (Fsp3) is 0.909. The Labute approximate surface area is 96.1 Å². The number of rotatable bonds is 3. The van der Waals surface area contributed by atoms with E-state index in [4.69, 9.17) is 16.2 Å². The maximum atomic E-state index is 11.2. The Kier molecular flexibility index (Phi) is 3.19. The average Bonchev–Trinajstić information content (AvgIpc) is 2.65. The van der Waals surface area contributed by atoms with Crippen LogP contribution in [-0.4, -0.2) is 48.2 Å². The topological polar surface area (TPSA) is 81.6 Å². The van der Waals surface area contributed by atoms with E-state index in [2.05, 4.69) is 4.90 Å². The van der Waals surface area contributed by atoms with E-state index >= 15 is 0 Å². The molecule has 16 heavy (non-hydrogen) atoms. The van der Waals surface area contributed by atoms with E-state index in [1.54, 1.807) is 6.92 Å². The van der Waals surface area contributed by atoms with Crippen molar-refractivity contribution in [3.63, 3.8) is 0 Å². The quantitative estimate of drug-likeness (QED) is 0.677. The fourth-order valence-electron chi connectivity index (χ4n) is 2.70. The van der Waals surface area contributed by atoms with E-state index in [0.29, 0.717) is 18.7 Å². The number of carbonyl (C=O) groups excluding carboxylic acids is 1. The van der Waals surface area contributed by atoms with Gasteiger partial charge in [-0.05, 0) is 26.2 Å². The molecule has 92 valence electrons. The molecule has 4 N–H and O–H groups in total. The van der Waals surface area contributed by atoms with Crippen LogP contribution in [0.25, 0.3) is 0 Å². The highest BCUT2D eigenvalue weighted by Gasteiger charge is 2.39. The number of ether oxygens (including phenoxy) is 1. The van der Waals surface area contributed by atoms with Gasteiger partial charge in [0, 0.05) is 19.1 Å². The molecule has 3 unspecified atom stereocenters. The van der Waals surface area contributed by atoms with Crippen LogP contribution in [0.1, 0.15) is 26.2 Å². The van der Waals surface area contributed by atoms with Crippen molar-refractivity contribution in [2.75, 3.05) is 19.7 Å². The molecule has 1 saturated heterocycles. The lowest BCUT2D eigenvalue weighted by Gasteiger charge is -2.40. The number of fused-ring (bicyclic) bond motifs is 1. The van der Waals surface area contributed by atoms with Gasteiger partial charge in [0.1, 0.15) is 5.54 Å². The van der Waals surface area contributed by atoms with Crippen LogP contribution in [0.4, 0.5) is 0 Å². The minimum absolute atomic E-state index is 0.331. The van der Waals surface area contributed by atoms with Gasteiger partial charge in [-0.1, -0.05) is 0 Å². The Bertz CT molecular complexity index is 280. The summed E-state index contributed by atoms with van der Waals surface area (Å²) in [5, 5.41) is 0. The Morgan fingerprint density at radius 2 is 2.31 bits per heavy atom. The number of nitrogens with two attached hydrogens (primary N) is 2. The first-order valence-electron chi connectivity index (χ1n) is 5.95. The van der Waals surface area contributed by atoms with E-state index < -0.39 is 11.4 Å². The van der Waals surface area contributed by atoms with Crippen LogP contribution < -0.4 is 11.5 Å². The molecule has 0 radical (unpaired) electrons. The van der Waals surface area contributed by atoms with Crippen molar-refractivity contribution in [3.05, 3.63) is 0 Å². The molecule has 1 aliphatic heterocycles. The normalized spacial score (nSPS) is 34.4. The summed E-state index contributed by atoms with van der Waals surface area (Å²) in [6, 6.07) is 0.427. The number of primary amides is 1. The molecule has 0 aromatic carbocycles. The Balaban J connectivity index is 2.01. The van der Waals surface area contributed by atoms with Crippen LogP contribution in [0.15, 0.2) is 0 Å². The van der Waals surface area contributed by atoms with Crippen molar-refractivity contribution >= 4 is 5.91 Å². The van der Waals surface area contributed by atoms with E-state index in [1.807, 2.05) is 0 Å². The van der Waals surface area contributed by atoms with Crippen molar-refractivity contribution in [2.24, 2.45) is 11.5 Å². The summed E-state index contributed by atoms with van der Waals surface area (Å²) >= 11 is 0. The third-order valence-corrected chi connectivity index (χ3v) is 3.69. The molecule has 1 heterocycles. The second-order valence-corrected chi connectivity index (χ2v) is 5.16. The van der Waals surface area contributed by atoms with E-state index in [1.165, 1.54) is 6.42 Å². The monoisotopic (exact) mass is 227 g/mol. The molecule has 0 spiro atoms. The largest absolute Gasteiger partial charge is 0.375 e. The van der Waals surface area contributed by atoms with Gasteiger partial charge in [-0.15, -0.1) is 0 Å². The van der Waals surface area contributed by atoms with Crippen LogP contribution in [0.3, 0.4) is 0 Å². The van der Waals surface area contributed by atoms with Gasteiger partial charge in [0.05, 0.1) is 12.7 Å². The minimum atomic E-state index is -0.940. The van der Waals surface area contributed by atoms with Gasteiger partial charge in [0.25, 0.3) is 0 Å². The van der Waals surface area contributed by atoms with Crippen LogP contribution in [0, 0.1) is 0 Å². The molecule has 0 bridgehead atoms. The maximum absolute atomic E-state index is 11.2. The zero-order valence-corrected chi connectivity index (χ0v) is 9.82. The number of hydrogen-bond donors (Lipinski definition) is 2. The molecule has 2 aliphatic rings. The highest BCUT2D eigenvalue weighted by atomic mass is 16.5. The van der Waals surface area contributed by atoms with Gasteiger partial charge >= 0.3 is 0 Å². The number of carbonyl (C=O) groups is 1. The van der Waals surface area contributed by atoms with Crippen molar-refractivity contribution in [3.8, 4) is 0 Å². The second-order valence-electron chi connectivity index (χ2n) is 5.16. The molecule has 1 saturated carbocycles. The highest BCUT2D eigenvalue weighted by molar-refractivity contribution is 5.84. The van der Waals surface area contributed by atoms with E-state index in [9.17, 15) is 4.79 Å². The van der Waals surface area contributed by atoms with E-state index in [0.717, 1.165) is 26.0 Å². The first-order valence-corrected chi connectivity index (χ1v) is 5.95. The summed E-state index contributed by atoms with van der Waals surface area (Å²) in [5.74, 6) is -0.437. The molecule has 0 aromatic rings. The van der Waals surface area contributed by atoms with Gasteiger partial charge in [-0.25, -0.2) is 0 Å². The van der Waals surface area contributed by atoms with Crippen LogP contribution in [0.5, 0.6) is 0 Å². The summed E-state index contributed by atoms with van der Waals surface area (Å²) in [4.78, 5) is 13.5. The SMILES string of the molecule is CC(N)(CN1CCOC2CCCC21)C(N)=O. The first-order chi connectivity index (χ1) is 7.50. The molecular weight excluding hydrogens is 206 g/mol. The molecule has 1 aliphatic carbocycles. The van der Waals surface area contributed by atoms with Gasteiger partial charge in [0.15, 0.2) is 0 Å². The smallest absolute Gasteiger partial charge is 0.238 e. The lowest BCUT2D eigenvalue weighted by molar-refractivity contribution is -0.125. The van der Waals surface area contributed by atoms with Crippen molar-refractivity contribution in [1.29, 1.82) is 0 Å². The van der Waals surface area contributed by atoms with Gasteiger partial charge in [-0.3, -0.25) is 9.69 Å². The minimum Gasteiger partial charge on any atom is -0.375 e. The molecule has 0 aromatic heterocycles. The Hall–Kier alpha value is -0.650. The highest BCUT2D eigenvalue weighted by Crippen LogP contribution is 2.30. The van der Waals surface area contributed by atoms with Crippen LogP contribution in [0.2, 0.25) is 0 Å². The Morgan fingerprint density at radius 3 is 3.00 bits per heavy atom. The maximum Gasteiger partial charge on any atom is 0.238 e. The predicted octanol–water partition coefficient (Wildman–Crippen LogP) is -0.558. The molecule has 1 amide bonds. The molecule has 2 fully saturated rings. The predicted molar refractivity (Wildman–Crippen MR) is 60.7 cm³/mol. The number of amides is 1. The van der Waals surface area contributed by atoms with Crippen molar-refractivity contribution in [1.82, 2.24) is 4.90 Å². The number of hydrogen-bond acceptors (Lipinski definition) is 4. The third-order valence-electron chi connectivity index (χ3n) is 3.69. The molecule has 2 rings (SSSR count). The summed E-state index contributed by atoms with van der Waals surface area (Å²) in [6.07, 6.45) is 3.79. The summed E-state index contributed by atoms with van der Waals surface area (Å²) < 4.78 is 5.71. The lowest BCUT2D eigenvalue weighted by Crippen LogP contribution is -2.61. The molecule has 5 nitrogen and oxygen atoms in total. The summed E-state index contributed by atoms with van der Waals surface area (Å²) in [6.45, 7) is 3.82. The fourth-order valence-corrected chi connectivity index (χ4v) is 2.70. The van der Waals surface area contributed by atoms with Gasteiger partial charge in [-0.2, -0.15) is 0 Å². The number of nitrogens with zero attached hydrogens (tertiary/aromatic N) is 1. The zero-order valence-electron chi connectivity index (χ0n) is 9.82. The van der Waals surface area contributed by atoms with Crippen LogP contribution >= 0.6 is 0 Å². The third kappa shape index (κ3) is 2.21. The standard InChI is InChI=1S/C11H21N3O2/c1-11(13,10(12)15)7-14-5-6-16-9-4-2-3-8(9)14/h8-9H,2-7,13H2,1H3,(H2,12,15). The van der Waals surface area contributed by atoms with Crippen molar-refractivity contribution in [2.45, 2.75) is 43.9 Å². The number of morpholine rings is 1. The van der Waals surface area contributed by atoms with E-state index in [-0.39, 0.29) is 0 Å². The van der Waals surface area contributed by atoms with Crippen LogP contribution in [-0.2, 0) is 9.53 Å². The zero-order chi connectivity index (χ0) is 11.8. The Morgan fingerprint density at radius 1 is 1.56 bits per heavy atom. The molecule has 3 atom stereocenters. The van der Waals surface area contributed by atoms with Gasteiger partial charge in [0.2, 0.25) is 5.91 Å². The average molecular weight is 227 g/mol. The molecule has 5 heteroatoms. The summed E-state index contributed by atoms with van der Waals surface area (Å²) in [7, 11) is 0. The molecular formula is C11H21N3O2. The first kappa shape index (κ1) is 11.8. The second kappa shape index (κ2) is 4.31. The summed E-state index contributed by atoms with van der Waals surface area (Å²) in [5.41, 5.74) is 10.3.